The molecular formula is C44H54N2O5. The Balaban J connectivity index is 1.41. The molecule has 6 atom stereocenters. The fraction of sp³-hybridized carbons (Fsp3) is 0.523. The number of rotatable bonds is 9. The Morgan fingerprint density at radius 2 is 1.76 bits per heavy atom. The molecule has 1 aromatic heterocycles. The zero-order valence-electron chi connectivity index (χ0n) is 30.1. The number of anilines is 1. The summed E-state index contributed by atoms with van der Waals surface area (Å²) in [5.41, 5.74) is 9.93. The largest absolute Gasteiger partial charge is 0.504 e. The maximum absolute atomic E-state index is 14.3. The van der Waals surface area contributed by atoms with E-state index in [9.17, 15) is 19.8 Å². The first-order chi connectivity index (χ1) is 24.8. The van der Waals surface area contributed by atoms with Gasteiger partial charge >= 0.3 is 0 Å². The van der Waals surface area contributed by atoms with E-state index in [4.69, 9.17) is 10.5 Å². The molecule has 4 N–H and O–H groups in total. The fourth-order valence-electron chi connectivity index (χ4n) is 9.20. The first kappa shape index (κ1) is 36.6. The second-order valence-electron chi connectivity index (χ2n) is 15.4. The van der Waals surface area contributed by atoms with E-state index in [0.29, 0.717) is 36.7 Å². The highest BCUT2D eigenvalue weighted by molar-refractivity contribution is 6.00. The standard InChI is InChI=1S/C44H54N2O5/c1-51-43-25-34-14-16-37(48)26-41(49)40-24-36(35(28-47)13-12-29-8-4-2-5-9-29)22-31(20-30-18-19-46-44(45)23-30)21-33(40)15-17-38(39(34)27-42(43)50)32-10-6-3-7-11-32/h3,6-7,10-11,18-19,23,25,27,29,31,33,35-36,38,40,47,50H,2,4-5,8-9,12-14,16,20-22,24,26,28H2,1H3,(H2,45,46)/t31-,33+,35-,36-,38+,40+/m0/s1. The summed E-state index contributed by atoms with van der Waals surface area (Å²) in [6, 6.07) is 17.5. The molecule has 7 nitrogen and oxygen atoms in total. The predicted octanol–water partition coefficient (Wildman–Crippen LogP) is 7.85. The van der Waals surface area contributed by atoms with Gasteiger partial charge in [-0.3, -0.25) is 9.59 Å². The highest BCUT2D eigenvalue weighted by Crippen LogP contribution is 2.44. The van der Waals surface area contributed by atoms with E-state index >= 15 is 0 Å². The van der Waals surface area contributed by atoms with Gasteiger partial charge in [-0.2, -0.15) is 0 Å². The minimum Gasteiger partial charge on any atom is -0.504 e. The van der Waals surface area contributed by atoms with Gasteiger partial charge in [0.05, 0.1) is 19.4 Å². The molecule has 3 aliphatic rings. The number of phenolic OH excluding ortho intramolecular Hbond substituents is 1. The number of nitrogen functional groups attached to an aromatic ring is 1. The molecule has 0 unspecified atom stereocenters. The Bertz CT molecular complexity index is 1710. The highest BCUT2D eigenvalue weighted by atomic mass is 16.5. The number of nitrogens with two attached hydrogens (primary N) is 1. The van der Waals surface area contributed by atoms with Crippen LogP contribution >= 0.6 is 0 Å². The monoisotopic (exact) mass is 690 g/mol. The average molecular weight is 691 g/mol. The number of hydrogen-bond donors (Lipinski definition) is 3. The predicted molar refractivity (Wildman–Crippen MR) is 200 cm³/mol. The van der Waals surface area contributed by atoms with Gasteiger partial charge in [-0.1, -0.05) is 80.7 Å². The Hall–Kier alpha value is -4.15. The van der Waals surface area contributed by atoms with Crippen molar-refractivity contribution in [1.82, 2.24) is 4.98 Å². The summed E-state index contributed by atoms with van der Waals surface area (Å²) in [6.07, 6.45) is 13.8. The summed E-state index contributed by atoms with van der Waals surface area (Å²) in [5.74, 6) is 8.16. The molecule has 6 rings (SSSR count). The van der Waals surface area contributed by atoms with Gasteiger partial charge in [0.25, 0.3) is 0 Å². The van der Waals surface area contributed by atoms with Crippen molar-refractivity contribution in [2.45, 2.75) is 95.8 Å². The first-order valence-electron chi connectivity index (χ1n) is 19.1. The number of aryl methyl sites for hydroxylation is 1. The normalized spacial score (nSPS) is 25.2. The number of aliphatic hydroxyl groups excluding tert-OH is 1. The van der Waals surface area contributed by atoms with Crippen LogP contribution in [0, 0.1) is 47.3 Å². The smallest absolute Gasteiger partial charge is 0.160 e. The van der Waals surface area contributed by atoms with Gasteiger partial charge in [0.2, 0.25) is 0 Å². The number of aromatic nitrogens is 1. The first-order valence-corrected chi connectivity index (χ1v) is 19.1. The van der Waals surface area contributed by atoms with E-state index in [2.05, 4.69) is 16.8 Å². The molecular weight excluding hydrogens is 636 g/mol. The molecule has 2 fully saturated rings. The number of fused-ring (bicyclic) bond motifs is 2. The van der Waals surface area contributed by atoms with E-state index in [1.165, 1.54) is 39.2 Å². The van der Waals surface area contributed by atoms with Gasteiger partial charge in [-0.25, -0.2) is 4.98 Å². The number of carbonyl (C=O) groups is 2. The van der Waals surface area contributed by atoms with Gasteiger partial charge in [-0.15, -0.1) is 0 Å². The minimum atomic E-state index is -0.401. The number of nitrogens with zero attached hydrogens (tertiary/aromatic N) is 1. The molecule has 0 amide bonds. The van der Waals surface area contributed by atoms with Gasteiger partial charge in [0.15, 0.2) is 11.5 Å². The number of Topliss-reactive ketones (excluding diaryl/α,β-unsaturated/α-hetero) is 2. The maximum Gasteiger partial charge on any atom is 0.160 e. The van der Waals surface area contributed by atoms with Crippen LogP contribution in [0.4, 0.5) is 5.82 Å². The summed E-state index contributed by atoms with van der Waals surface area (Å²) in [5, 5.41) is 21.8. The lowest BCUT2D eigenvalue weighted by molar-refractivity contribution is -0.130. The zero-order chi connectivity index (χ0) is 35.7. The van der Waals surface area contributed by atoms with Crippen molar-refractivity contribution >= 4 is 17.4 Å². The van der Waals surface area contributed by atoms with Crippen LogP contribution in [0.1, 0.15) is 105 Å². The van der Waals surface area contributed by atoms with Crippen LogP contribution in [0.3, 0.4) is 0 Å². The number of ether oxygens (including phenoxy) is 1. The average Bonchev–Trinajstić information content (AvgIpc) is 3.31. The number of aromatic hydroxyl groups is 1. The van der Waals surface area contributed by atoms with Gasteiger partial charge in [0.1, 0.15) is 17.4 Å². The summed E-state index contributed by atoms with van der Waals surface area (Å²) in [7, 11) is 1.52. The van der Waals surface area contributed by atoms with Crippen LogP contribution in [-0.2, 0) is 22.4 Å². The summed E-state index contributed by atoms with van der Waals surface area (Å²) < 4.78 is 5.46. The molecule has 7 heteroatoms. The van der Waals surface area contributed by atoms with Crippen LogP contribution in [-0.4, -0.2) is 40.5 Å². The third-order valence-corrected chi connectivity index (χ3v) is 12.0. The number of ketones is 2. The number of carbonyl (C=O) groups excluding carboxylic acids is 2. The van der Waals surface area contributed by atoms with E-state index in [-0.39, 0.29) is 66.4 Å². The van der Waals surface area contributed by atoms with Gasteiger partial charge < -0.3 is 20.7 Å². The topological polar surface area (TPSA) is 123 Å². The Morgan fingerprint density at radius 3 is 2.51 bits per heavy atom. The van der Waals surface area contributed by atoms with Crippen molar-refractivity contribution in [3.8, 4) is 23.3 Å². The second kappa shape index (κ2) is 17.4. The van der Waals surface area contributed by atoms with Crippen LogP contribution < -0.4 is 10.5 Å². The number of phenols is 1. The molecule has 0 spiro atoms. The summed E-state index contributed by atoms with van der Waals surface area (Å²) in [4.78, 5) is 32.1. The van der Waals surface area contributed by atoms with Crippen LogP contribution in [0.15, 0.2) is 60.8 Å². The highest BCUT2D eigenvalue weighted by Gasteiger charge is 2.39. The number of benzene rings is 2. The Labute approximate surface area is 303 Å². The van der Waals surface area contributed by atoms with Crippen LogP contribution in [0.5, 0.6) is 11.5 Å². The Kier molecular flexibility index (Phi) is 12.5. The van der Waals surface area contributed by atoms with E-state index < -0.39 is 5.92 Å². The molecule has 0 radical (unpaired) electrons. The summed E-state index contributed by atoms with van der Waals surface area (Å²) >= 11 is 0. The summed E-state index contributed by atoms with van der Waals surface area (Å²) in [6.45, 7) is 0.0995. The van der Waals surface area contributed by atoms with E-state index in [1.807, 2.05) is 42.5 Å². The number of hydrogen-bond acceptors (Lipinski definition) is 7. The molecule has 0 aliphatic heterocycles. The van der Waals surface area contributed by atoms with Gasteiger partial charge in [0, 0.05) is 31.1 Å². The molecule has 51 heavy (non-hydrogen) atoms. The lowest BCUT2D eigenvalue weighted by Gasteiger charge is -2.31. The minimum absolute atomic E-state index is 0.0255. The number of aliphatic hydroxyl groups is 1. The Morgan fingerprint density at radius 1 is 0.961 bits per heavy atom. The molecule has 2 aromatic carbocycles. The number of pyridine rings is 1. The third kappa shape index (κ3) is 9.40. The number of methoxy groups -OCH3 is 1. The van der Waals surface area contributed by atoms with Crippen molar-refractivity contribution in [1.29, 1.82) is 0 Å². The van der Waals surface area contributed by atoms with Crippen LogP contribution in [0.25, 0.3) is 0 Å². The van der Waals surface area contributed by atoms with Crippen molar-refractivity contribution < 1.29 is 24.5 Å². The quantitative estimate of drug-likeness (QED) is 0.154. The third-order valence-electron chi connectivity index (χ3n) is 12.0. The van der Waals surface area contributed by atoms with Crippen molar-refractivity contribution in [2.75, 3.05) is 19.5 Å². The molecule has 0 bridgehead atoms. The van der Waals surface area contributed by atoms with E-state index in [0.717, 1.165) is 47.9 Å². The SMILES string of the molecule is COc1cc2c(cc1O)[C@@H](c1ccccc1)C#C[C@@H]1C[C@H](Cc3ccnc(N)c3)C[C@H]([C@H](CO)CCC3CCCCC3)C[C@H]1C(=O)CC(=O)CC2. The van der Waals surface area contributed by atoms with Gasteiger partial charge in [-0.05, 0) is 109 Å². The van der Waals surface area contributed by atoms with Crippen molar-refractivity contribution in [2.24, 2.45) is 35.5 Å². The molecule has 2 saturated carbocycles. The molecule has 3 aliphatic carbocycles. The van der Waals surface area contributed by atoms with Crippen molar-refractivity contribution in [3.05, 3.63) is 83.0 Å². The lowest BCUT2D eigenvalue weighted by Crippen LogP contribution is -2.29. The maximum atomic E-state index is 14.3. The molecule has 1 heterocycles. The molecule has 270 valence electrons. The second-order valence-corrected chi connectivity index (χ2v) is 15.4. The lowest BCUT2D eigenvalue weighted by atomic mass is 9.74. The zero-order valence-corrected chi connectivity index (χ0v) is 30.1. The molecule has 3 aromatic rings. The molecule has 0 saturated heterocycles. The fourth-order valence-corrected chi connectivity index (χ4v) is 9.20. The van der Waals surface area contributed by atoms with E-state index in [1.54, 1.807) is 18.3 Å². The van der Waals surface area contributed by atoms with Crippen molar-refractivity contribution in [3.63, 3.8) is 0 Å². The van der Waals surface area contributed by atoms with Crippen LogP contribution in [0.2, 0.25) is 0 Å².